The van der Waals surface area contributed by atoms with Gasteiger partial charge in [-0.2, -0.15) is 0 Å². The molecule has 23 heavy (non-hydrogen) atoms. The molecule has 1 fully saturated rings. The van der Waals surface area contributed by atoms with Crippen molar-refractivity contribution in [2.45, 2.75) is 39.4 Å². The second kappa shape index (κ2) is 10.5. The number of nitrogens with one attached hydrogen (secondary N) is 2. The van der Waals surface area contributed by atoms with E-state index in [1.807, 2.05) is 18.4 Å². The molecule has 0 aliphatic carbocycles. The zero-order chi connectivity index (χ0) is 15.9. The number of rotatable bonds is 5. The minimum absolute atomic E-state index is 0. The van der Waals surface area contributed by atoms with Gasteiger partial charge in [-0.15, -0.1) is 35.3 Å². The number of ether oxygens (including phenoxy) is 1. The molecule has 2 atom stereocenters. The molecule has 1 aromatic rings. The van der Waals surface area contributed by atoms with Crippen LogP contribution in [0.1, 0.15) is 23.6 Å². The highest BCUT2D eigenvalue weighted by Gasteiger charge is 2.23. The van der Waals surface area contributed by atoms with Crippen LogP contribution in [0.4, 0.5) is 0 Å². The fraction of sp³-hybridized carbons (Fsp3) is 0.688. The SMILES string of the molecule is CN=C(NCc1ccc(C)s1)NCC(C)N1CCOCC1C.I. The molecule has 1 aliphatic rings. The minimum atomic E-state index is 0. The molecule has 5 nitrogen and oxygen atoms in total. The Kier molecular flexibility index (Phi) is 9.41. The second-order valence-electron chi connectivity index (χ2n) is 5.83. The molecular formula is C16H29IN4OS. The van der Waals surface area contributed by atoms with Gasteiger partial charge < -0.3 is 15.4 Å². The number of thiophene rings is 1. The monoisotopic (exact) mass is 452 g/mol. The van der Waals surface area contributed by atoms with Gasteiger partial charge in [0.05, 0.1) is 19.8 Å². The number of hydrogen-bond donors (Lipinski definition) is 2. The average molecular weight is 452 g/mol. The lowest BCUT2D eigenvalue weighted by molar-refractivity contribution is -0.0174. The lowest BCUT2D eigenvalue weighted by Gasteiger charge is -2.38. The molecule has 2 rings (SSSR count). The maximum Gasteiger partial charge on any atom is 0.191 e. The van der Waals surface area contributed by atoms with Gasteiger partial charge in [0.15, 0.2) is 5.96 Å². The van der Waals surface area contributed by atoms with Crippen molar-refractivity contribution in [3.63, 3.8) is 0 Å². The van der Waals surface area contributed by atoms with Crippen LogP contribution in [-0.4, -0.2) is 56.3 Å². The summed E-state index contributed by atoms with van der Waals surface area (Å²) >= 11 is 1.82. The van der Waals surface area contributed by atoms with E-state index in [1.54, 1.807) is 0 Å². The maximum absolute atomic E-state index is 5.50. The van der Waals surface area contributed by atoms with E-state index in [0.717, 1.165) is 38.8 Å². The number of aliphatic imine (C=N–C) groups is 1. The molecule has 0 saturated carbocycles. The van der Waals surface area contributed by atoms with Crippen molar-refractivity contribution in [3.05, 3.63) is 21.9 Å². The largest absolute Gasteiger partial charge is 0.379 e. The summed E-state index contributed by atoms with van der Waals surface area (Å²) in [4.78, 5) is 9.47. The quantitative estimate of drug-likeness (QED) is 0.410. The van der Waals surface area contributed by atoms with Crippen molar-refractivity contribution in [2.24, 2.45) is 4.99 Å². The van der Waals surface area contributed by atoms with E-state index in [4.69, 9.17) is 4.74 Å². The van der Waals surface area contributed by atoms with Gasteiger partial charge in [0.2, 0.25) is 0 Å². The van der Waals surface area contributed by atoms with E-state index < -0.39 is 0 Å². The number of morpholine rings is 1. The normalized spacial score (nSPS) is 20.7. The third-order valence-electron chi connectivity index (χ3n) is 4.00. The first-order valence-electron chi connectivity index (χ1n) is 7.93. The highest BCUT2D eigenvalue weighted by molar-refractivity contribution is 14.0. The van der Waals surface area contributed by atoms with Gasteiger partial charge in [-0.1, -0.05) is 0 Å². The van der Waals surface area contributed by atoms with Crippen LogP contribution in [0.3, 0.4) is 0 Å². The van der Waals surface area contributed by atoms with Crippen LogP contribution < -0.4 is 10.6 Å². The van der Waals surface area contributed by atoms with Gasteiger partial charge in [-0.05, 0) is 32.9 Å². The van der Waals surface area contributed by atoms with Gasteiger partial charge in [0.25, 0.3) is 0 Å². The van der Waals surface area contributed by atoms with Crippen molar-refractivity contribution >= 4 is 41.3 Å². The summed E-state index contributed by atoms with van der Waals surface area (Å²) < 4.78 is 5.50. The van der Waals surface area contributed by atoms with Crippen molar-refractivity contribution < 1.29 is 4.74 Å². The van der Waals surface area contributed by atoms with E-state index in [9.17, 15) is 0 Å². The summed E-state index contributed by atoms with van der Waals surface area (Å²) in [6.07, 6.45) is 0. The highest BCUT2D eigenvalue weighted by atomic mass is 127. The van der Waals surface area contributed by atoms with Crippen LogP contribution in [0.2, 0.25) is 0 Å². The number of guanidine groups is 1. The summed E-state index contributed by atoms with van der Waals surface area (Å²) in [5.74, 6) is 0.860. The predicted octanol–water partition coefficient (Wildman–Crippen LogP) is 2.45. The van der Waals surface area contributed by atoms with Crippen molar-refractivity contribution in [3.8, 4) is 0 Å². The van der Waals surface area contributed by atoms with E-state index in [1.165, 1.54) is 9.75 Å². The Morgan fingerprint density at radius 2 is 2.26 bits per heavy atom. The Hall–Kier alpha value is -0.380. The molecule has 2 heterocycles. The molecule has 1 aliphatic heterocycles. The molecule has 132 valence electrons. The highest BCUT2D eigenvalue weighted by Crippen LogP contribution is 2.14. The van der Waals surface area contributed by atoms with Crippen molar-refractivity contribution in [1.29, 1.82) is 0 Å². The van der Waals surface area contributed by atoms with Gasteiger partial charge in [0.1, 0.15) is 0 Å². The summed E-state index contributed by atoms with van der Waals surface area (Å²) in [5, 5.41) is 6.80. The van der Waals surface area contributed by atoms with Gasteiger partial charge >= 0.3 is 0 Å². The van der Waals surface area contributed by atoms with Crippen LogP contribution in [0, 0.1) is 6.92 Å². The van der Waals surface area contributed by atoms with Crippen LogP contribution in [0.25, 0.3) is 0 Å². The molecule has 1 saturated heterocycles. The molecule has 0 spiro atoms. The Balaban J connectivity index is 0.00000264. The number of hydrogen-bond acceptors (Lipinski definition) is 4. The zero-order valence-corrected chi connectivity index (χ0v) is 17.6. The lowest BCUT2D eigenvalue weighted by Crippen LogP contribution is -2.52. The van der Waals surface area contributed by atoms with Crippen molar-refractivity contribution in [2.75, 3.05) is 33.4 Å². The zero-order valence-electron chi connectivity index (χ0n) is 14.5. The molecule has 2 N–H and O–H groups in total. The molecule has 1 aromatic heterocycles. The third-order valence-corrected chi connectivity index (χ3v) is 5.00. The van der Waals surface area contributed by atoms with E-state index in [0.29, 0.717) is 12.1 Å². The summed E-state index contributed by atoms with van der Waals surface area (Å²) in [6, 6.07) is 5.26. The smallest absolute Gasteiger partial charge is 0.191 e. The lowest BCUT2D eigenvalue weighted by atomic mass is 10.2. The number of halogens is 1. The fourth-order valence-corrected chi connectivity index (χ4v) is 3.56. The van der Waals surface area contributed by atoms with Gasteiger partial charge in [0, 0.05) is 42.0 Å². The average Bonchev–Trinajstić information content (AvgIpc) is 2.93. The first kappa shape index (κ1) is 20.7. The van der Waals surface area contributed by atoms with Crippen LogP contribution >= 0.6 is 35.3 Å². The van der Waals surface area contributed by atoms with Gasteiger partial charge in [-0.25, -0.2) is 0 Å². The van der Waals surface area contributed by atoms with Crippen LogP contribution in [-0.2, 0) is 11.3 Å². The third kappa shape index (κ3) is 6.56. The molecule has 0 amide bonds. The van der Waals surface area contributed by atoms with E-state index in [-0.39, 0.29) is 24.0 Å². The topological polar surface area (TPSA) is 48.9 Å². The van der Waals surface area contributed by atoms with E-state index in [2.05, 4.69) is 53.4 Å². The Bertz CT molecular complexity index is 494. The second-order valence-corrected chi connectivity index (χ2v) is 7.20. The molecule has 0 radical (unpaired) electrons. The first-order valence-corrected chi connectivity index (χ1v) is 8.75. The summed E-state index contributed by atoms with van der Waals surface area (Å²) in [7, 11) is 1.82. The van der Waals surface area contributed by atoms with E-state index >= 15 is 0 Å². The molecular weight excluding hydrogens is 423 g/mol. The Morgan fingerprint density at radius 1 is 1.48 bits per heavy atom. The Morgan fingerprint density at radius 3 is 2.87 bits per heavy atom. The summed E-state index contributed by atoms with van der Waals surface area (Å²) in [6.45, 7) is 11.0. The molecule has 7 heteroatoms. The van der Waals surface area contributed by atoms with Crippen LogP contribution in [0.15, 0.2) is 17.1 Å². The molecule has 0 aromatic carbocycles. The molecule has 2 unspecified atom stereocenters. The van der Waals surface area contributed by atoms with Gasteiger partial charge in [-0.3, -0.25) is 9.89 Å². The van der Waals surface area contributed by atoms with Crippen molar-refractivity contribution in [1.82, 2.24) is 15.5 Å². The van der Waals surface area contributed by atoms with Crippen LogP contribution in [0.5, 0.6) is 0 Å². The predicted molar refractivity (Wildman–Crippen MR) is 109 cm³/mol. The standard InChI is InChI=1S/C16H28N4OS.HI/c1-12(20-7-8-21-11-13(20)2)9-18-16(17-4)19-10-15-6-5-14(3)22-15;/h5-6,12-13H,7-11H2,1-4H3,(H2,17,18,19);1H. The first-order chi connectivity index (χ1) is 10.6. The fourth-order valence-electron chi connectivity index (χ4n) is 2.73. The summed E-state index contributed by atoms with van der Waals surface area (Å²) in [5.41, 5.74) is 0. The minimum Gasteiger partial charge on any atom is -0.379 e. The number of nitrogens with zero attached hydrogens (tertiary/aromatic N) is 2. The Labute approximate surface area is 160 Å². The molecule has 0 bridgehead atoms. The maximum atomic E-state index is 5.50. The number of aryl methyl sites for hydroxylation is 1.